The van der Waals surface area contributed by atoms with Crippen molar-refractivity contribution in [2.75, 3.05) is 19.6 Å². The van der Waals surface area contributed by atoms with E-state index in [-0.39, 0.29) is 57.9 Å². The van der Waals surface area contributed by atoms with Gasteiger partial charge in [0.25, 0.3) is 0 Å². The molecule has 1 aliphatic rings. The number of aliphatic hydroxyl groups excluding tert-OH is 1. The van der Waals surface area contributed by atoms with E-state index in [1.54, 1.807) is 4.90 Å². The zero-order chi connectivity index (χ0) is 9.19. The Kier molecular flexibility index (Phi) is 6.76. The Bertz CT molecular complexity index is 157. The first-order chi connectivity index (χ1) is 5.47. The molecule has 0 aromatic carbocycles. The summed E-state index contributed by atoms with van der Waals surface area (Å²) in [4.78, 5) is 1.65. The van der Waals surface area contributed by atoms with Crippen LogP contribution in [0.25, 0.3) is 0 Å². The van der Waals surface area contributed by atoms with Crippen LogP contribution in [-0.2, 0) is 0 Å². The van der Waals surface area contributed by atoms with Gasteiger partial charge in [-0.3, -0.25) is 0 Å². The van der Waals surface area contributed by atoms with E-state index in [1.807, 2.05) is 0 Å². The van der Waals surface area contributed by atoms with Gasteiger partial charge in [0.05, 0.1) is 6.10 Å². The molecule has 0 aromatic rings. The summed E-state index contributed by atoms with van der Waals surface area (Å²) in [6, 6.07) is 0. The quantitative estimate of drug-likeness (QED) is 0.552. The first kappa shape index (κ1) is 14.4. The summed E-state index contributed by atoms with van der Waals surface area (Å²) in [6.45, 7) is -3.63. The van der Waals surface area contributed by atoms with Crippen molar-refractivity contribution in [1.82, 2.24) is 4.90 Å². The smallest absolute Gasteiger partial charge is 0.449 e. The van der Waals surface area contributed by atoms with E-state index < -0.39 is 19.4 Å². The molecule has 13 heavy (non-hydrogen) atoms. The molecule has 0 aliphatic carbocycles. The zero-order valence-electron chi connectivity index (χ0n) is 7.72. The van der Waals surface area contributed by atoms with Crippen molar-refractivity contribution in [2.45, 2.75) is 18.8 Å². The average molecular weight is 221 g/mol. The fourth-order valence-corrected chi connectivity index (χ4v) is 1.34. The fraction of sp³-hybridized carbons (Fsp3) is 1.00. The van der Waals surface area contributed by atoms with Gasteiger partial charge in [-0.15, -0.1) is 0 Å². The molecule has 1 atom stereocenters. The minimum atomic E-state index is -4.66. The number of aliphatic hydroxyl groups is 1. The molecule has 7 heteroatoms. The molecule has 1 N–H and O–H groups in total. The van der Waals surface area contributed by atoms with E-state index in [2.05, 4.69) is 0 Å². The van der Waals surface area contributed by atoms with E-state index in [4.69, 9.17) is 5.11 Å². The van der Waals surface area contributed by atoms with E-state index in [0.29, 0.717) is 19.5 Å². The van der Waals surface area contributed by atoms with Crippen molar-refractivity contribution >= 4 is 6.98 Å². The van der Waals surface area contributed by atoms with Gasteiger partial charge >= 0.3 is 58.4 Å². The number of halogens is 3. The third-order valence-electron chi connectivity index (χ3n) is 2.02. The van der Waals surface area contributed by atoms with Gasteiger partial charge < -0.3 is 23.0 Å². The molecular weight excluding hydrogens is 209 g/mol. The Morgan fingerprint density at radius 2 is 2.00 bits per heavy atom. The number of rotatable bonds is 3. The molecule has 1 unspecified atom stereocenters. The summed E-state index contributed by atoms with van der Waals surface area (Å²) in [7, 11) is 0. The Morgan fingerprint density at radius 3 is 2.38 bits per heavy atom. The predicted octanol–water partition coefficient (Wildman–Crippen LogP) is -2.10. The van der Waals surface area contributed by atoms with Crippen molar-refractivity contribution in [1.29, 1.82) is 0 Å². The SMILES string of the molecule is OC1CCN(CC[B-](F)(F)F)C1.[K+]. The van der Waals surface area contributed by atoms with E-state index in [9.17, 15) is 12.9 Å². The Morgan fingerprint density at radius 1 is 1.38 bits per heavy atom. The average Bonchev–Trinajstić information content (AvgIpc) is 2.30. The van der Waals surface area contributed by atoms with Crippen LogP contribution in [0.4, 0.5) is 12.9 Å². The largest absolute Gasteiger partial charge is 1.00 e. The molecule has 72 valence electrons. The second kappa shape index (κ2) is 6.09. The van der Waals surface area contributed by atoms with Gasteiger partial charge in [0.2, 0.25) is 0 Å². The Labute approximate surface area is 118 Å². The molecule has 0 bridgehead atoms. The Balaban J connectivity index is 0.00000144. The standard InChI is InChI=1S/C6H12BF3NO.K/c8-7(9,10)2-4-11-3-1-6(12)5-11;/h6,12H,1-5H2;/q-1;+1. The molecule has 0 spiro atoms. The molecule has 0 radical (unpaired) electrons. The van der Waals surface area contributed by atoms with Crippen molar-refractivity contribution in [3.8, 4) is 0 Å². The third kappa shape index (κ3) is 6.48. The third-order valence-corrected chi connectivity index (χ3v) is 2.02. The molecule has 0 saturated carbocycles. The number of β-amino-alcohol motifs (C(OH)–C–C–N with tert-alkyl or cyclic N) is 1. The number of hydrogen-bond donors (Lipinski definition) is 1. The minimum absolute atomic E-state index is 0. The van der Waals surface area contributed by atoms with Crippen molar-refractivity contribution in [2.24, 2.45) is 0 Å². The second-order valence-electron chi connectivity index (χ2n) is 3.24. The van der Waals surface area contributed by atoms with E-state index in [1.165, 1.54) is 0 Å². The molecule has 0 aromatic heterocycles. The van der Waals surface area contributed by atoms with Crippen LogP contribution >= 0.6 is 0 Å². The number of nitrogens with zero attached hydrogens (tertiary/aromatic N) is 1. The van der Waals surface area contributed by atoms with Crippen molar-refractivity contribution in [3.05, 3.63) is 0 Å². The van der Waals surface area contributed by atoms with E-state index >= 15 is 0 Å². The van der Waals surface area contributed by atoms with Crippen LogP contribution in [0.5, 0.6) is 0 Å². The molecule has 1 aliphatic heterocycles. The molecular formula is C6H12BF3KNO. The van der Waals surface area contributed by atoms with Crippen LogP contribution in [0, 0.1) is 0 Å². The topological polar surface area (TPSA) is 23.5 Å². The number of hydrogen-bond acceptors (Lipinski definition) is 2. The van der Waals surface area contributed by atoms with Gasteiger partial charge in [-0.05, 0) is 13.0 Å². The normalized spacial score (nSPS) is 24.5. The molecule has 1 rings (SSSR count). The molecule has 1 fully saturated rings. The maximum Gasteiger partial charge on any atom is 1.00 e. The van der Waals surface area contributed by atoms with E-state index in [0.717, 1.165) is 0 Å². The van der Waals surface area contributed by atoms with Gasteiger partial charge in [-0.2, -0.15) is 0 Å². The van der Waals surface area contributed by atoms with Crippen molar-refractivity contribution in [3.63, 3.8) is 0 Å². The summed E-state index contributed by atoms with van der Waals surface area (Å²) in [5.74, 6) is 0. The maximum atomic E-state index is 11.8. The van der Waals surface area contributed by atoms with Gasteiger partial charge in [-0.1, -0.05) is 6.32 Å². The second-order valence-corrected chi connectivity index (χ2v) is 3.24. The zero-order valence-corrected chi connectivity index (χ0v) is 10.8. The van der Waals surface area contributed by atoms with Crippen LogP contribution in [-0.4, -0.2) is 42.7 Å². The molecule has 1 saturated heterocycles. The van der Waals surface area contributed by atoms with Gasteiger partial charge in [0.15, 0.2) is 0 Å². The first-order valence-electron chi connectivity index (χ1n) is 4.09. The Hall–Kier alpha value is 1.41. The number of likely N-dealkylation sites (tertiary alicyclic amines) is 1. The fourth-order valence-electron chi connectivity index (χ4n) is 1.34. The van der Waals surface area contributed by atoms with Crippen LogP contribution < -0.4 is 51.4 Å². The summed E-state index contributed by atoms with van der Waals surface area (Å²) in [6.07, 6.45) is -0.539. The van der Waals surface area contributed by atoms with Gasteiger partial charge in [0.1, 0.15) is 0 Å². The van der Waals surface area contributed by atoms with Crippen molar-refractivity contribution < 1.29 is 69.4 Å². The summed E-state index contributed by atoms with van der Waals surface area (Å²) in [5.41, 5.74) is 0. The summed E-state index contributed by atoms with van der Waals surface area (Å²) in [5, 5.41) is 9.01. The van der Waals surface area contributed by atoms with Gasteiger partial charge in [0, 0.05) is 13.1 Å². The maximum absolute atomic E-state index is 11.8. The van der Waals surface area contributed by atoms with Crippen LogP contribution in [0.15, 0.2) is 0 Å². The molecule has 1 heterocycles. The van der Waals surface area contributed by atoms with Crippen LogP contribution in [0.3, 0.4) is 0 Å². The van der Waals surface area contributed by atoms with Gasteiger partial charge in [-0.25, -0.2) is 0 Å². The summed E-state index contributed by atoms with van der Waals surface area (Å²) >= 11 is 0. The molecule has 0 amide bonds. The summed E-state index contributed by atoms with van der Waals surface area (Å²) < 4.78 is 35.3. The first-order valence-corrected chi connectivity index (χ1v) is 4.09. The monoisotopic (exact) mass is 221 g/mol. The van der Waals surface area contributed by atoms with Crippen LogP contribution in [0.1, 0.15) is 6.42 Å². The predicted molar refractivity (Wildman–Crippen MR) is 40.9 cm³/mol. The molecule has 2 nitrogen and oxygen atoms in total. The van der Waals surface area contributed by atoms with Crippen LogP contribution in [0.2, 0.25) is 6.32 Å². The minimum Gasteiger partial charge on any atom is -0.449 e.